The van der Waals surface area contributed by atoms with Crippen LogP contribution in [0.5, 0.6) is 0 Å². The van der Waals surface area contributed by atoms with Gasteiger partial charge in [0.1, 0.15) is 6.04 Å². The van der Waals surface area contributed by atoms with Gasteiger partial charge in [-0.15, -0.1) is 11.8 Å². The van der Waals surface area contributed by atoms with Crippen LogP contribution in [0, 0.1) is 0 Å². The molecule has 0 aromatic carbocycles. The molecule has 0 aromatic rings. The molecule has 118 valence electrons. The van der Waals surface area contributed by atoms with Crippen molar-refractivity contribution in [2.45, 2.75) is 50.6 Å². The predicted octanol–water partition coefficient (Wildman–Crippen LogP) is 0.993. The van der Waals surface area contributed by atoms with Crippen LogP contribution >= 0.6 is 11.8 Å². The van der Waals surface area contributed by atoms with E-state index in [-0.39, 0.29) is 22.7 Å². The summed E-state index contributed by atoms with van der Waals surface area (Å²) in [6, 6.07) is 0.299. The second-order valence-electron chi connectivity index (χ2n) is 6.72. The van der Waals surface area contributed by atoms with Crippen LogP contribution in [-0.4, -0.2) is 75.4 Å². The number of hydrogen-bond acceptors (Lipinski definition) is 4. The van der Waals surface area contributed by atoms with Gasteiger partial charge in [-0.3, -0.25) is 14.5 Å². The molecule has 3 rings (SSSR count). The van der Waals surface area contributed by atoms with Crippen molar-refractivity contribution in [2.75, 3.05) is 31.9 Å². The molecule has 2 amide bonds. The maximum atomic E-state index is 12.8. The van der Waals surface area contributed by atoms with Gasteiger partial charge in [0.05, 0.1) is 4.87 Å². The zero-order chi connectivity index (χ0) is 15.2. The maximum Gasteiger partial charge on any atom is 0.246 e. The van der Waals surface area contributed by atoms with Crippen LogP contribution in [-0.2, 0) is 9.59 Å². The molecular formula is C15H25N3O2S. The molecule has 2 atom stereocenters. The first kappa shape index (κ1) is 15.2. The van der Waals surface area contributed by atoms with Gasteiger partial charge in [0.25, 0.3) is 0 Å². The molecule has 5 nitrogen and oxygen atoms in total. The van der Waals surface area contributed by atoms with Crippen LogP contribution in [0.1, 0.15) is 33.6 Å². The zero-order valence-electron chi connectivity index (χ0n) is 13.2. The van der Waals surface area contributed by atoms with E-state index >= 15 is 0 Å². The highest BCUT2D eigenvalue weighted by molar-refractivity contribution is 8.01. The van der Waals surface area contributed by atoms with Gasteiger partial charge in [0.2, 0.25) is 11.8 Å². The Morgan fingerprint density at radius 1 is 1.29 bits per heavy atom. The largest absolute Gasteiger partial charge is 0.338 e. The van der Waals surface area contributed by atoms with E-state index in [4.69, 9.17) is 0 Å². The Balaban J connectivity index is 1.65. The highest BCUT2D eigenvalue weighted by Crippen LogP contribution is 2.47. The van der Waals surface area contributed by atoms with Crippen molar-refractivity contribution in [3.05, 3.63) is 0 Å². The van der Waals surface area contributed by atoms with Crippen molar-refractivity contribution < 1.29 is 9.59 Å². The molecule has 0 radical (unpaired) electrons. The highest BCUT2D eigenvalue weighted by Gasteiger charge is 2.53. The normalized spacial score (nSPS) is 33.9. The number of nitrogens with zero attached hydrogens (tertiary/aromatic N) is 3. The molecular weight excluding hydrogens is 286 g/mol. The fourth-order valence-corrected chi connectivity index (χ4v) is 5.10. The number of thioether (sulfide) groups is 1. The fourth-order valence-electron chi connectivity index (χ4n) is 3.67. The van der Waals surface area contributed by atoms with Gasteiger partial charge in [0, 0.05) is 44.4 Å². The lowest BCUT2D eigenvalue weighted by Crippen LogP contribution is -2.56. The Labute approximate surface area is 131 Å². The number of fused-ring (bicyclic) bond motifs is 1. The molecule has 0 saturated carbocycles. The van der Waals surface area contributed by atoms with Gasteiger partial charge < -0.3 is 9.80 Å². The standard InChI is InChI=1S/C15H25N3O2S/c1-11(2)16-6-8-17(9-7-16)14(20)12-10-21-15(3)5-4-13(19)18(12)15/h11-12H,4-10H2,1-3H3. The summed E-state index contributed by atoms with van der Waals surface area (Å²) in [7, 11) is 0. The smallest absolute Gasteiger partial charge is 0.246 e. The Bertz CT molecular complexity index is 448. The maximum absolute atomic E-state index is 12.8. The van der Waals surface area contributed by atoms with Crippen molar-refractivity contribution in [1.29, 1.82) is 0 Å². The van der Waals surface area contributed by atoms with Gasteiger partial charge in [0.15, 0.2) is 0 Å². The molecule has 3 fully saturated rings. The van der Waals surface area contributed by atoms with E-state index in [1.54, 1.807) is 11.8 Å². The first-order chi connectivity index (χ1) is 9.92. The first-order valence-corrected chi connectivity index (χ1v) is 8.90. The molecule has 3 saturated heterocycles. The SMILES string of the molecule is CC(C)N1CCN(C(=O)C2CSC3(C)CCC(=O)N23)CC1. The number of amides is 2. The van der Waals surface area contributed by atoms with Crippen LogP contribution in [0.25, 0.3) is 0 Å². The Morgan fingerprint density at radius 3 is 2.57 bits per heavy atom. The van der Waals surface area contributed by atoms with E-state index < -0.39 is 0 Å². The van der Waals surface area contributed by atoms with Crippen molar-refractivity contribution >= 4 is 23.6 Å². The van der Waals surface area contributed by atoms with Crippen LogP contribution in [0.2, 0.25) is 0 Å². The average Bonchev–Trinajstić information content (AvgIpc) is 2.95. The molecule has 3 aliphatic heterocycles. The van der Waals surface area contributed by atoms with Crippen molar-refractivity contribution in [3.63, 3.8) is 0 Å². The van der Waals surface area contributed by atoms with E-state index in [1.165, 1.54) is 0 Å². The summed E-state index contributed by atoms with van der Waals surface area (Å²) in [6.07, 6.45) is 1.47. The lowest BCUT2D eigenvalue weighted by atomic mass is 10.1. The third kappa shape index (κ3) is 2.57. The third-order valence-corrected chi connectivity index (χ3v) is 6.59. The average molecular weight is 311 g/mol. The summed E-state index contributed by atoms with van der Waals surface area (Å²) in [6.45, 7) is 9.95. The highest BCUT2D eigenvalue weighted by atomic mass is 32.2. The molecule has 0 aromatic heterocycles. The van der Waals surface area contributed by atoms with Crippen molar-refractivity contribution in [3.8, 4) is 0 Å². The summed E-state index contributed by atoms with van der Waals surface area (Å²) in [5.41, 5.74) is 0. The van der Waals surface area contributed by atoms with Crippen LogP contribution in [0.3, 0.4) is 0 Å². The molecule has 0 N–H and O–H groups in total. The van der Waals surface area contributed by atoms with Gasteiger partial charge in [-0.1, -0.05) is 0 Å². The second kappa shape index (κ2) is 5.47. The quantitative estimate of drug-likeness (QED) is 0.763. The summed E-state index contributed by atoms with van der Waals surface area (Å²) >= 11 is 1.77. The third-order valence-electron chi connectivity index (χ3n) is 5.09. The van der Waals surface area contributed by atoms with Crippen molar-refractivity contribution in [2.24, 2.45) is 0 Å². The van der Waals surface area contributed by atoms with Crippen LogP contribution < -0.4 is 0 Å². The number of hydrogen-bond donors (Lipinski definition) is 0. The number of carbonyl (C=O) groups excluding carboxylic acids is 2. The monoisotopic (exact) mass is 311 g/mol. The molecule has 6 heteroatoms. The Hall–Kier alpha value is -0.750. The van der Waals surface area contributed by atoms with E-state index in [0.717, 1.165) is 38.4 Å². The number of piperazine rings is 1. The van der Waals surface area contributed by atoms with E-state index in [1.807, 2.05) is 9.80 Å². The summed E-state index contributed by atoms with van der Waals surface area (Å²) in [5.74, 6) is 1.07. The predicted molar refractivity (Wildman–Crippen MR) is 84.0 cm³/mol. The Morgan fingerprint density at radius 2 is 1.95 bits per heavy atom. The number of carbonyl (C=O) groups is 2. The van der Waals surface area contributed by atoms with Crippen molar-refractivity contribution in [1.82, 2.24) is 14.7 Å². The number of rotatable bonds is 2. The van der Waals surface area contributed by atoms with Gasteiger partial charge in [-0.2, -0.15) is 0 Å². The van der Waals surface area contributed by atoms with E-state index in [2.05, 4.69) is 25.7 Å². The minimum Gasteiger partial charge on any atom is -0.338 e. The molecule has 3 heterocycles. The second-order valence-corrected chi connectivity index (χ2v) is 8.22. The zero-order valence-corrected chi connectivity index (χ0v) is 14.0. The van der Waals surface area contributed by atoms with Crippen LogP contribution in [0.15, 0.2) is 0 Å². The van der Waals surface area contributed by atoms with Gasteiger partial charge in [-0.25, -0.2) is 0 Å². The first-order valence-electron chi connectivity index (χ1n) is 7.91. The lowest BCUT2D eigenvalue weighted by molar-refractivity contribution is -0.145. The minimum atomic E-state index is -0.236. The lowest BCUT2D eigenvalue weighted by Gasteiger charge is -2.39. The van der Waals surface area contributed by atoms with Gasteiger partial charge >= 0.3 is 0 Å². The summed E-state index contributed by atoms with van der Waals surface area (Å²) in [4.78, 5) is 31.0. The Kier molecular flexibility index (Phi) is 3.94. The molecule has 0 spiro atoms. The molecule has 2 unspecified atom stereocenters. The topological polar surface area (TPSA) is 43.9 Å². The fraction of sp³-hybridized carbons (Fsp3) is 0.867. The summed E-state index contributed by atoms with van der Waals surface area (Å²) < 4.78 is 0. The van der Waals surface area contributed by atoms with Gasteiger partial charge in [-0.05, 0) is 27.2 Å². The molecule has 0 aliphatic carbocycles. The molecule has 21 heavy (non-hydrogen) atoms. The summed E-state index contributed by atoms with van der Waals surface area (Å²) in [5, 5.41) is 0. The minimum absolute atomic E-state index is 0.142. The molecule has 3 aliphatic rings. The van der Waals surface area contributed by atoms with E-state index in [0.29, 0.717) is 12.5 Å². The van der Waals surface area contributed by atoms with Crippen LogP contribution in [0.4, 0.5) is 0 Å². The molecule has 0 bridgehead atoms. The van der Waals surface area contributed by atoms with E-state index in [9.17, 15) is 9.59 Å².